The van der Waals surface area contributed by atoms with E-state index >= 15 is 0 Å². The molecule has 12 heavy (non-hydrogen) atoms. The Labute approximate surface area is 78.2 Å². The number of hydrogen-bond acceptors (Lipinski definition) is 2. The highest BCUT2D eigenvalue weighted by molar-refractivity contribution is 6.30. The Morgan fingerprint density at radius 3 is 2.67 bits per heavy atom. The molecule has 1 rings (SSSR count). The predicted octanol–water partition coefficient (Wildman–Crippen LogP) is 2.36. The van der Waals surface area contributed by atoms with Crippen LogP contribution in [-0.2, 0) is 0 Å². The summed E-state index contributed by atoms with van der Waals surface area (Å²) in [6.07, 6.45) is 1.70. The van der Waals surface area contributed by atoms with Gasteiger partial charge in [0.25, 0.3) is 0 Å². The summed E-state index contributed by atoms with van der Waals surface area (Å²) in [6, 6.07) is 4.22. The monoisotopic (exact) mass is 184 g/mol. The SMILES string of the molecule is CC(c1cccnc1Cl)N(C)C. The van der Waals surface area contributed by atoms with Crippen LogP contribution < -0.4 is 0 Å². The fourth-order valence-electron chi connectivity index (χ4n) is 0.988. The van der Waals surface area contributed by atoms with Gasteiger partial charge in [-0.05, 0) is 27.1 Å². The van der Waals surface area contributed by atoms with E-state index in [0.29, 0.717) is 11.2 Å². The van der Waals surface area contributed by atoms with Crippen molar-refractivity contribution in [2.45, 2.75) is 13.0 Å². The van der Waals surface area contributed by atoms with Crippen LogP contribution in [0.5, 0.6) is 0 Å². The Balaban J connectivity index is 2.94. The van der Waals surface area contributed by atoms with Gasteiger partial charge < -0.3 is 4.90 Å². The molecule has 1 unspecified atom stereocenters. The summed E-state index contributed by atoms with van der Waals surface area (Å²) >= 11 is 5.93. The molecule has 0 bridgehead atoms. The second-order valence-corrected chi connectivity index (χ2v) is 3.38. The fourth-order valence-corrected chi connectivity index (χ4v) is 1.27. The minimum absolute atomic E-state index is 0.311. The zero-order valence-electron chi connectivity index (χ0n) is 7.58. The number of hydrogen-bond donors (Lipinski definition) is 0. The maximum atomic E-state index is 5.93. The van der Waals surface area contributed by atoms with Gasteiger partial charge in [0, 0.05) is 17.8 Å². The molecule has 1 aromatic heterocycles. The zero-order valence-corrected chi connectivity index (χ0v) is 8.34. The van der Waals surface area contributed by atoms with Crippen molar-refractivity contribution in [3.63, 3.8) is 0 Å². The third-order valence-corrected chi connectivity index (χ3v) is 2.33. The normalized spacial score (nSPS) is 13.4. The van der Waals surface area contributed by atoms with Gasteiger partial charge in [-0.1, -0.05) is 17.7 Å². The molecule has 1 heterocycles. The molecule has 66 valence electrons. The lowest BCUT2D eigenvalue weighted by Gasteiger charge is -2.20. The van der Waals surface area contributed by atoms with Gasteiger partial charge in [0.15, 0.2) is 0 Å². The van der Waals surface area contributed by atoms with E-state index in [9.17, 15) is 0 Å². The van der Waals surface area contributed by atoms with Gasteiger partial charge in [-0.2, -0.15) is 0 Å². The second kappa shape index (κ2) is 3.87. The van der Waals surface area contributed by atoms with Crippen LogP contribution in [0.15, 0.2) is 18.3 Å². The summed E-state index contributed by atoms with van der Waals surface area (Å²) in [7, 11) is 4.04. The number of pyridine rings is 1. The molecule has 1 aromatic rings. The average molecular weight is 185 g/mol. The van der Waals surface area contributed by atoms with E-state index in [1.165, 1.54) is 0 Å². The number of nitrogens with zero attached hydrogens (tertiary/aromatic N) is 2. The first-order chi connectivity index (χ1) is 5.63. The maximum absolute atomic E-state index is 5.93. The van der Waals surface area contributed by atoms with Crippen molar-refractivity contribution in [1.29, 1.82) is 0 Å². The highest BCUT2D eigenvalue weighted by Crippen LogP contribution is 2.22. The van der Waals surface area contributed by atoms with Crippen LogP contribution >= 0.6 is 11.6 Å². The topological polar surface area (TPSA) is 16.1 Å². The molecule has 0 radical (unpaired) electrons. The van der Waals surface area contributed by atoms with E-state index < -0.39 is 0 Å². The van der Waals surface area contributed by atoms with Crippen molar-refractivity contribution >= 4 is 11.6 Å². The summed E-state index contributed by atoms with van der Waals surface area (Å²) < 4.78 is 0. The van der Waals surface area contributed by atoms with Crippen molar-refractivity contribution in [1.82, 2.24) is 9.88 Å². The summed E-state index contributed by atoms with van der Waals surface area (Å²) in [5.41, 5.74) is 1.07. The number of halogens is 1. The Morgan fingerprint density at radius 2 is 2.17 bits per heavy atom. The number of rotatable bonds is 2. The summed E-state index contributed by atoms with van der Waals surface area (Å²) in [5, 5.41) is 0.596. The molecule has 0 aromatic carbocycles. The Bertz CT molecular complexity index is 260. The van der Waals surface area contributed by atoms with Gasteiger partial charge in [0.05, 0.1) is 0 Å². The molecule has 1 atom stereocenters. The Kier molecular flexibility index (Phi) is 3.06. The molecule has 0 fully saturated rings. The smallest absolute Gasteiger partial charge is 0.133 e. The Hall–Kier alpha value is -0.600. The van der Waals surface area contributed by atoms with E-state index in [2.05, 4.69) is 16.8 Å². The molecule has 2 nitrogen and oxygen atoms in total. The third kappa shape index (κ3) is 1.96. The van der Waals surface area contributed by atoms with E-state index in [4.69, 9.17) is 11.6 Å². The second-order valence-electron chi connectivity index (χ2n) is 3.02. The first-order valence-corrected chi connectivity index (χ1v) is 4.27. The first kappa shape index (κ1) is 9.49. The summed E-state index contributed by atoms with van der Waals surface area (Å²) in [5.74, 6) is 0. The molecule has 0 spiro atoms. The van der Waals surface area contributed by atoms with Crippen molar-refractivity contribution in [3.8, 4) is 0 Å². The molecule has 0 amide bonds. The van der Waals surface area contributed by atoms with Gasteiger partial charge in [-0.15, -0.1) is 0 Å². The third-order valence-electron chi connectivity index (χ3n) is 2.01. The van der Waals surface area contributed by atoms with E-state index in [1.807, 2.05) is 26.2 Å². The molecule has 0 saturated heterocycles. The fraction of sp³-hybridized carbons (Fsp3) is 0.444. The molecule has 0 aliphatic rings. The highest BCUT2D eigenvalue weighted by Gasteiger charge is 2.10. The van der Waals surface area contributed by atoms with E-state index in [1.54, 1.807) is 6.20 Å². The Morgan fingerprint density at radius 1 is 1.50 bits per heavy atom. The minimum Gasteiger partial charge on any atom is -0.303 e. The largest absolute Gasteiger partial charge is 0.303 e. The molecule has 0 aliphatic heterocycles. The van der Waals surface area contributed by atoms with Crippen molar-refractivity contribution < 1.29 is 0 Å². The maximum Gasteiger partial charge on any atom is 0.133 e. The molecule has 0 saturated carbocycles. The van der Waals surface area contributed by atoms with Crippen molar-refractivity contribution in [3.05, 3.63) is 29.0 Å². The van der Waals surface area contributed by atoms with Gasteiger partial charge in [-0.3, -0.25) is 0 Å². The lowest BCUT2D eigenvalue weighted by molar-refractivity contribution is 0.320. The predicted molar refractivity (Wildman–Crippen MR) is 51.3 cm³/mol. The molecular weight excluding hydrogens is 172 g/mol. The van der Waals surface area contributed by atoms with Crippen molar-refractivity contribution in [2.75, 3.05) is 14.1 Å². The minimum atomic E-state index is 0.311. The van der Waals surface area contributed by atoms with Gasteiger partial charge >= 0.3 is 0 Å². The average Bonchev–Trinajstić information content (AvgIpc) is 2.04. The summed E-state index contributed by atoms with van der Waals surface area (Å²) in [6.45, 7) is 2.10. The van der Waals surface area contributed by atoms with Gasteiger partial charge in [0.1, 0.15) is 5.15 Å². The first-order valence-electron chi connectivity index (χ1n) is 3.89. The lowest BCUT2D eigenvalue weighted by atomic mass is 10.1. The zero-order chi connectivity index (χ0) is 9.14. The quantitative estimate of drug-likeness (QED) is 0.656. The highest BCUT2D eigenvalue weighted by atomic mass is 35.5. The molecule has 3 heteroatoms. The van der Waals surface area contributed by atoms with Gasteiger partial charge in [0.2, 0.25) is 0 Å². The summed E-state index contributed by atoms with van der Waals surface area (Å²) in [4.78, 5) is 6.12. The van der Waals surface area contributed by atoms with Gasteiger partial charge in [-0.25, -0.2) is 4.98 Å². The number of aromatic nitrogens is 1. The van der Waals surface area contributed by atoms with Crippen LogP contribution in [0.25, 0.3) is 0 Å². The van der Waals surface area contributed by atoms with Crippen molar-refractivity contribution in [2.24, 2.45) is 0 Å². The van der Waals surface area contributed by atoms with Crippen LogP contribution in [0.2, 0.25) is 5.15 Å². The van der Waals surface area contributed by atoms with E-state index in [-0.39, 0.29) is 0 Å². The van der Waals surface area contributed by atoms with Crippen LogP contribution in [0, 0.1) is 0 Å². The van der Waals surface area contributed by atoms with Crippen LogP contribution in [0.1, 0.15) is 18.5 Å². The van der Waals surface area contributed by atoms with Crippen LogP contribution in [-0.4, -0.2) is 24.0 Å². The van der Waals surface area contributed by atoms with Crippen LogP contribution in [0.4, 0.5) is 0 Å². The van der Waals surface area contributed by atoms with Crippen LogP contribution in [0.3, 0.4) is 0 Å². The standard InChI is InChI=1S/C9H13ClN2/c1-7(12(2)3)8-5-4-6-11-9(8)10/h4-7H,1-3H3. The molecule has 0 N–H and O–H groups in total. The molecular formula is C9H13ClN2. The molecule has 0 aliphatic carbocycles. The lowest BCUT2D eigenvalue weighted by Crippen LogP contribution is -2.17. The van der Waals surface area contributed by atoms with E-state index in [0.717, 1.165) is 5.56 Å².